The third-order valence-electron chi connectivity index (χ3n) is 3.74. The first-order valence-electron chi connectivity index (χ1n) is 6.89. The molecule has 1 aromatic heterocycles. The lowest BCUT2D eigenvalue weighted by Gasteiger charge is -2.29. The summed E-state index contributed by atoms with van der Waals surface area (Å²) in [4.78, 5) is 24.4. The van der Waals surface area contributed by atoms with Gasteiger partial charge in [-0.15, -0.1) is 0 Å². The molecule has 0 bridgehead atoms. The zero-order chi connectivity index (χ0) is 16.1. The van der Waals surface area contributed by atoms with Crippen LogP contribution in [-0.2, 0) is 6.42 Å². The molecule has 0 fully saturated rings. The Bertz CT molecular complexity index is 841. The maximum absolute atomic E-state index is 13.9. The first-order valence-corrected chi connectivity index (χ1v) is 6.89. The molecular formula is C16H14F2N2O2. The molecule has 6 heteroatoms. The van der Waals surface area contributed by atoms with E-state index in [1.54, 1.807) is 0 Å². The third kappa shape index (κ3) is 2.34. The van der Waals surface area contributed by atoms with Crippen LogP contribution in [0.2, 0.25) is 0 Å². The summed E-state index contributed by atoms with van der Waals surface area (Å²) >= 11 is 0. The van der Waals surface area contributed by atoms with E-state index in [2.05, 4.69) is 5.10 Å². The van der Waals surface area contributed by atoms with Crippen molar-refractivity contribution in [3.63, 3.8) is 0 Å². The molecule has 0 saturated carbocycles. The molecule has 114 valence electrons. The standard InChI is InChI=1S/C16H14F2N2O2/c1-16(2)7-9-6-13(22)20(19-15(9)12(21)8-16)11-5-3-4-10(17)14(11)18/h3-6H,7-8H2,1-2H3. The number of carbonyl (C=O) groups is 1. The van der Waals surface area contributed by atoms with Crippen LogP contribution in [0.3, 0.4) is 0 Å². The first kappa shape index (κ1) is 14.6. The summed E-state index contributed by atoms with van der Waals surface area (Å²) in [6.45, 7) is 3.87. The number of benzene rings is 1. The number of ketones is 1. The summed E-state index contributed by atoms with van der Waals surface area (Å²) in [5, 5.41) is 3.98. The molecule has 0 atom stereocenters. The van der Waals surface area contributed by atoms with E-state index in [0.29, 0.717) is 18.4 Å². The number of halogens is 2. The molecular weight excluding hydrogens is 290 g/mol. The van der Waals surface area contributed by atoms with Gasteiger partial charge in [0.25, 0.3) is 5.56 Å². The van der Waals surface area contributed by atoms with Gasteiger partial charge in [0.1, 0.15) is 11.4 Å². The van der Waals surface area contributed by atoms with Crippen molar-refractivity contribution in [2.24, 2.45) is 5.41 Å². The number of nitrogens with zero attached hydrogens (tertiary/aromatic N) is 2. The van der Waals surface area contributed by atoms with Gasteiger partial charge in [-0.05, 0) is 29.5 Å². The van der Waals surface area contributed by atoms with E-state index in [0.717, 1.165) is 10.7 Å². The highest BCUT2D eigenvalue weighted by Gasteiger charge is 2.33. The molecule has 0 amide bonds. The monoisotopic (exact) mass is 304 g/mol. The van der Waals surface area contributed by atoms with Gasteiger partial charge in [0.15, 0.2) is 17.4 Å². The maximum Gasteiger partial charge on any atom is 0.271 e. The number of hydrogen-bond donors (Lipinski definition) is 0. The second-order valence-corrected chi connectivity index (χ2v) is 6.28. The molecule has 3 rings (SSSR count). The van der Waals surface area contributed by atoms with Gasteiger partial charge in [-0.3, -0.25) is 9.59 Å². The van der Waals surface area contributed by atoms with Gasteiger partial charge < -0.3 is 0 Å². The van der Waals surface area contributed by atoms with E-state index in [-0.39, 0.29) is 22.6 Å². The van der Waals surface area contributed by atoms with Gasteiger partial charge in [0.2, 0.25) is 0 Å². The molecule has 2 aromatic rings. The largest absolute Gasteiger partial charge is 0.292 e. The Morgan fingerprint density at radius 2 is 1.91 bits per heavy atom. The number of fused-ring (bicyclic) bond motifs is 1. The SMILES string of the molecule is CC1(C)CC(=O)c2nn(-c3cccc(F)c3F)c(=O)cc2C1. The molecule has 1 heterocycles. The fourth-order valence-corrected chi connectivity index (χ4v) is 2.79. The molecule has 1 aliphatic rings. The van der Waals surface area contributed by atoms with E-state index in [1.165, 1.54) is 18.2 Å². The van der Waals surface area contributed by atoms with Crippen LogP contribution in [0.15, 0.2) is 29.1 Å². The first-order chi connectivity index (χ1) is 10.3. The van der Waals surface area contributed by atoms with E-state index >= 15 is 0 Å². The second-order valence-electron chi connectivity index (χ2n) is 6.28. The highest BCUT2D eigenvalue weighted by molar-refractivity contribution is 5.97. The zero-order valence-corrected chi connectivity index (χ0v) is 12.2. The number of hydrogen-bond acceptors (Lipinski definition) is 3. The molecule has 1 aromatic carbocycles. The molecule has 22 heavy (non-hydrogen) atoms. The van der Waals surface area contributed by atoms with Crippen LogP contribution in [0.1, 0.15) is 36.3 Å². The normalized spacial score (nSPS) is 16.5. The Hall–Kier alpha value is -2.37. The average molecular weight is 304 g/mol. The Kier molecular flexibility index (Phi) is 3.20. The molecule has 0 aliphatic heterocycles. The van der Waals surface area contributed by atoms with Crippen LogP contribution < -0.4 is 5.56 Å². The lowest BCUT2D eigenvalue weighted by atomic mass is 9.75. The van der Waals surface area contributed by atoms with Crippen molar-refractivity contribution in [1.29, 1.82) is 0 Å². The molecule has 0 unspecified atom stereocenters. The van der Waals surface area contributed by atoms with Crippen molar-refractivity contribution < 1.29 is 13.6 Å². The number of Topliss-reactive ketones (excluding diaryl/α,β-unsaturated/α-hetero) is 1. The van der Waals surface area contributed by atoms with Gasteiger partial charge in [-0.25, -0.2) is 8.78 Å². The van der Waals surface area contributed by atoms with Crippen LogP contribution >= 0.6 is 0 Å². The number of aromatic nitrogens is 2. The zero-order valence-electron chi connectivity index (χ0n) is 12.2. The minimum atomic E-state index is -1.17. The molecule has 1 aliphatic carbocycles. The van der Waals surface area contributed by atoms with Crippen molar-refractivity contribution in [3.8, 4) is 5.69 Å². The van der Waals surface area contributed by atoms with E-state index in [9.17, 15) is 18.4 Å². The van der Waals surface area contributed by atoms with Crippen LogP contribution in [-0.4, -0.2) is 15.6 Å². The molecule has 0 radical (unpaired) electrons. The summed E-state index contributed by atoms with van der Waals surface area (Å²) in [6.07, 6.45) is 0.847. The Balaban J connectivity index is 2.21. The van der Waals surface area contributed by atoms with E-state index in [4.69, 9.17) is 0 Å². The van der Waals surface area contributed by atoms with Crippen molar-refractivity contribution >= 4 is 5.78 Å². The third-order valence-corrected chi connectivity index (χ3v) is 3.74. The van der Waals surface area contributed by atoms with Crippen molar-refractivity contribution in [2.75, 3.05) is 0 Å². The summed E-state index contributed by atoms with van der Waals surface area (Å²) < 4.78 is 27.9. The molecule has 4 nitrogen and oxygen atoms in total. The quantitative estimate of drug-likeness (QED) is 0.814. The number of rotatable bonds is 1. The van der Waals surface area contributed by atoms with Crippen LogP contribution in [0, 0.1) is 17.0 Å². The summed E-state index contributed by atoms with van der Waals surface area (Å²) in [7, 11) is 0. The van der Waals surface area contributed by atoms with Crippen molar-refractivity contribution in [1.82, 2.24) is 9.78 Å². The van der Waals surface area contributed by atoms with Crippen LogP contribution in [0.4, 0.5) is 8.78 Å². The molecule has 0 N–H and O–H groups in total. The summed E-state index contributed by atoms with van der Waals surface area (Å²) in [5.41, 5.74) is -0.421. The predicted molar refractivity (Wildman–Crippen MR) is 76.2 cm³/mol. The average Bonchev–Trinajstić information content (AvgIpc) is 2.40. The highest BCUT2D eigenvalue weighted by Crippen LogP contribution is 2.33. The number of carbonyl (C=O) groups excluding carboxylic acids is 1. The predicted octanol–water partition coefficient (Wildman–Crippen LogP) is 2.67. The smallest absolute Gasteiger partial charge is 0.271 e. The van der Waals surface area contributed by atoms with Crippen molar-refractivity contribution in [2.45, 2.75) is 26.7 Å². The fraction of sp³-hybridized carbons (Fsp3) is 0.312. The minimum Gasteiger partial charge on any atom is -0.292 e. The molecule has 0 spiro atoms. The highest BCUT2D eigenvalue weighted by atomic mass is 19.2. The van der Waals surface area contributed by atoms with Crippen molar-refractivity contribution in [3.05, 3.63) is 57.5 Å². The lowest BCUT2D eigenvalue weighted by molar-refractivity contribution is 0.0903. The molecule has 0 saturated heterocycles. The van der Waals surface area contributed by atoms with Gasteiger partial charge in [-0.1, -0.05) is 19.9 Å². The van der Waals surface area contributed by atoms with Crippen LogP contribution in [0.5, 0.6) is 0 Å². The minimum absolute atomic E-state index is 0.155. The van der Waals surface area contributed by atoms with Gasteiger partial charge >= 0.3 is 0 Å². The van der Waals surface area contributed by atoms with E-state index < -0.39 is 17.2 Å². The second kappa shape index (κ2) is 4.83. The van der Waals surface area contributed by atoms with Gasteiger partial charge in [-0.2, -0.15) is 9.78 Å². The lowest BCUT2D eigenvalue weighted by Crippen LogP contribution is -2.33. The Morgan fingerprint density at radius 1 is 1.18 bits per heavy atom. The fourth-order valence-electron chi connectivity index (χ4n) is 2.79. The van der Waals surface area contributed by atoms with E-state index in [1.807, 2.05) is 13.8 Å². The Labute approximate surface area is 125 Å². The maximum atomic E-state index is 13.9. The Morgan fingerprint density at radius 3 is 2.64 bits per heavy atom. The summed E-state index contributed by atoms with van der Waals surface area (Å²) in [5.74, 6) is -2.44. The summed E-state index contributed by atoms with van der Waals surface area (Å²) in [6, 6.07) is 4.77. The van der Waals surface area contributed by atoms with Crippen LogP contribution in [0.25, 0.3) is 5.69 Å². The van der Waals surface area contributed by atoms with Gasteiger partial charge in [0.05, 0.1) is 0 Å². The topological polar surface area (TPSA) is 52.0 Å². The van der Waals surface area contributed by atoms with Gasteiger partial charge in [0, 0.05) is 12.5 Å².